The van der Waals surface area contributed by atoms with E-state index in [4.69, 9.17) is 0 Å². The predicted octanol–water partition coefficient (Wildman–Crippen LogP) is 2.84. The maximum Gasteiger partial charge on any atom is 0.323 e. The van der Waals surface area contributed by atoms with Gasteiger partial charge in [-0.1, -0.05) is 6.92 Å². The molecular formula is C15H20N4O. The first-order chi connectivity index (χ1) is 9.54. The van der Waals surface area contributed by atoms with Gasteiger partial charge in [-0.05, 0) is 31.5 Å². The largest absolute Gasteiger partial charge is 0.327 e. The molecule has 0 saturated heterocycles. The zero-order chi connectivity index (χ0) is 14.7. The number of benzene rings is 1. The Morgan fingerprint density at radius 3 is 2.70 bits per heavy atom. The normalized spacial score (nSPS) is 10.6. The summed E-state index contributed by atoms with van der Waals surface area (Å²) in [4.78, 5) is 24.1. The predicted molar refractivity (Wildman–Crippen MR) is 81.0 cm³/mol. The molecule has 0 saturated carbocycles. The third kappa shape index (κ3) is 2.71. The summed E-state index contributed by atoms with van der Waals surface area (Å²) in [7, 11) is 3.60. The Bertz CT molecular complexity index is 626. The van der Waals surface area contributed by atoms with Crippen LogP contribution >= 0.6 is 0 Å². The summed E-state index contributed by atoms with van der Waals surface area (Å²) in [6, 6.07) is 5.78. The monoisotopic (exact) mass is 272 g/mol. The molecule has 5 nitrogen and oxygen atoms in total. The number of amides is 2. The number of carbonyl (C=O) groups is 1. The fourth-order valence-electron chi connectivity index (χ4n) is 2.18. The molecule has 0 N–H and O–H groups in total. The van der Waals surface area contributed by atoms with Gasteiger partial charge in [0.1, 0.15) is 6.33 Å². The minimum Gasteiger partial charge on any atom is -0.327 e. The van der Waals surface area contributed by atoms with Crippen LogP contribution in [0.2, 0.25) is 0 Å². The Labute approximate surface area is 119 Å². The molecule has 0 aliphatic rings. The number of nitrogens with zero attached hydrogens (tertiary/aromatic N) is 4. The van der Waals surface area contributed by atoms with Gasteiger partial charge < -0.3 is 4.90 Å². The molecule has 5 heteroatoms. The van der Waals surface area contributed by atoms with Crippen LogP contribution in [0.3, 0.4) is 0 Å². The van der Waals surface area contributed by atoms with Gasteiger partial charge in [-0.15, -0.1) is 0 Å². The molecule has 0 aliphatic carbocycles. The van der Waals surface area contributed by atoms with Crippen molar-refractivity contribution in [2.45, 2.75) is 20.3 Å². The van der Waals surface area contributed by atoms with E-state index in [0.717, 1.165) is 35.2 Å². The third-order valence-corrected chi connectivity index (χ3v) is 3.38. The van der Waals surface area contributed by atoms with Gasteiger partial charge in [-0.25, -0.2) is 14.8 Å². The molecule has 0 radical (unpaired) electrons. The maximum absolute atomic E-state index is 12.3. The maximum atomic E-state index is 12.3. The van der Waals surface area contributed by atoms with E-state index in [-0.39, 0.29) is 6.03 Å². The Kier molecular flexibility index (Phi) is 4.17. The molecule has 2 rings (SSSR count). The van der Waals surface area contributed by atoms with Crippen molar-refractivity contribution in [1.29, 1.82) is 0 Å². The molecule has 0 aliphatic heterocycles. The Morgan fingerprint density at radius 2 is 2.00 bits per heavy atom. The minimum atomic E-state index is -0.0132. The molecule has 20 heavy (non-hydrogen) atoms. The van der Waals surface area contributed by atoms with Gasteiger partial charge in [-0.3, -0.25) is 4.90 Å². The number of hydrogen-bond donors (Lipinski definition) is 0. The fourth-order valence-corrected chi connectivity index (χ4v) is 2.18. The molecule has 2 amide bonds. The van der Waals surface area contributed by atoms with Gasteiger partial charge in [0.25, 0.3) is 0 Å². The number of urea groups is 1. The van der Waals surface area contributed by atoms with Gasteiger partial charge in [-0.2, -0.15) is 0 Å². The van der Waals surface area contributed by atoms with E-state index in [1.807, 2.05) is 32.2 Å². The van der Waals surface area contributed by atoms with Crippen LogP contribution < -0.4 is 4.90 Å². The number of aromatic nitrogens is 2. The number of anilines is 1. The average Bonchev–Trinajstić information content (AvgIpc) is 2.46. The lowest BCUT2D eigenvalue weighted by Gasteiger charge is -2.24. The van der Waals surface area contributed by atoms with Crippen molar-refractivity contribution < 1.29 is 4.79 Å². The van der Waals surface area contributed by atoms with E-state index in [1.54, 1.807) is 23.2 Å². The van der Waals surface area contributed by atoms with Gasteiger partial charge in [0.05, 0.1) is 5.52 Å². The standard InChI is InChI=1S/C15H20N4O/c1-5-8-18(3)15(20)19(4)12-6-7-14-13(9-12)11(2)16-10-17-14/h6-7,9-10H,5,8H2,1-4H3. The topological polar surface area (TPSA) is 49.3 Å². The highest BCUT2D eigenvalue weighted by Gasteiger charge is 2.15. The van der Waals surface area contributed by atoms with Crippen LogP contribution in [0, 0.1) is 6.92 Å². The van der Waals surface area contributed by atoms with E-state index < -0.39 is 0 Å². The first-order valence-corrected chi connectivity index (χ1v) is 6.74. The Balaban J connectivity index is 2.33. The fraction of sp³-hybridized carbons (Fsp3) is 0.400. The van der Waals surface area contributed by atoms with Crippen molar-refractivity contribution in [2.24, 2.45) is 0 Å². The summed E-state index contributed by atoms with van der Waals surface area (Å²) >= 11 is 0. The molecule has 1 heterocycles. The Morgan fingerprint density at radius 1 is 1.25 bits per heavy atom. The van der Waals surface area contributed by atoms with Crippen LogP contribution in [0.25, 0.3) is 10.9 Å². The highest BCUT2D eigenvalue weighted by atomic mass is 16.2. The van der Waals surface area contributed by atoms with Gasteiger partial charge in [0, 0.05) is 37.4 Å². The van der Waals surface area contributed by atoms with Crippen molar-refractivity contribution in [1.82, 2.24) is 14.9 Å². The summed E-state index contributed by atoms with van der Waals surface area (Å²) in [5.41, 5.74) is 2.66. The Hall–Kier alpha value is -2.17. The first kappa shape index (κ1) is 14.2. The van der Waals surface area contributed by atoms with E-state index in [2.05, 4.69) is 16.9 Å². The lowest BCUT2D eigenvalue weighted by Crippen LogP contribution is -2.39. The molecule has 0 spiro atoms. The molecule has 0 atom stereocenters. The van der Waals surface area contributed by atoms with Gasteiger partial charge >= 0.3 is 6.03 Å². The second-order valence-corrected chi connectivity index (χ2v) is 4.92. The summed E-state index contributed by atoms with van der Waals surface area (Å²) in [6.07, 6.45) is 2.50. The van der Waals surface area contributed by atoms with Crippen molar-refractivity contribution in [3.8, 4) is 0 Å². The molecular weight excluding hydrogens is 252 g/mol. The van der Waals surface area contributed by atoms with E-state index in [0.29, 0.717) is 0 Å². The zero-order valence-corrected chi connectivity index (χ0v) is 12.4. The highest BCUT2D eigenvalue weighted by molar-refractivity contribution is 5.94. The van der Waals surface area contributed by atoms with Crippen molar-refractivity contribution in [3.63, 3.8) is 0 Å². The highest BCUT2D eigenvalue weighted by Crippen LogP contribution is 2.22. The number of rotatable bonds is 3. The van der Waals surface area contributed by atoms with Crippen LogP contribution in [0.15, 0.2) is 24.5 Å². The van der Waals surface area contributed by atoms with Crippen molar-refractivity contribution in [2.75, 3.05) is 25.5 Å². The second-order valence-electron chi connectivity index (χ2n) is 4.92. The average molecular weight is 272 g/mol. The molecule has 1 aromatic carbocycles. The smallest absolute Gasteiger partial charge is 0.323 e. The van der Waals surface area contributed by atoms with Crippen molar-refractivity contribution in [3.05, 3.63) is 30.2 Å². The number of hydrogen-bond acceptors (Lipinski definition) is 3. The van der Waals surface area contributed by atoms with Gasteiger partial charge in [0.2, 0.25) is 0 Å². The van der Waals surface area contributed by atoms with Crippen LogP contribution in [0.1, 0.15) is 19.0 Å². The van der Waals surface area contributed by atoms with E-state index in [1.165, 1.54) is 0 Å². The lowest BCUT2D eigenvalue weighted by atomic mass is 10.1. The first-order valence-electron chi connectivity index (χ1n) is 6.74. The SMILES string of the molecule is CCCN(C)C(=O)N(C)c1ccc2ncnc(C)c2c1. The molecule has 2 aromatic rings. The van der Waals surface area contributed by atoms with Crippen molar-refractivity contribution >= 4 is 22.6 Å². The molecule has 0 fully saturated rings. The van der Waals surface area contributed by atoms with E-state index in [9.17, 15) is 4.79 Å². The third-order valence-electron chi connectivity index (χ3n) is 3.38. The molecule has 1 aromatic heterocycles. The molecule has 106 valence electrons. The lowest BCUT2D eigenvalue weighted by molar-refractivity contribution is 0.217. The minimum absolute atomic E-state index is 0.0132. The molecule has 0 bridgehead atoms. The molecule has 0 unspecified atom stereocenters. The van der Waals surface area contributed by atoms with Crippen LogP contribution in [-0.4, -0.2) is 41.5 Å². The van der Waals surface area contributed by atoms with E-state index >= 15 is 0 Å². The van der Waals surface area contributed by atoms with Crippen LogP contribution in [0.4, 0.5) is 10.5 Å². The number of aryl methyl sites for hydroxylation is 1. The summed E-state index contributed by atoms with van der Waals surface area (Å²) < 4.78 is 0. The summed E-state index contributed by atoms with van der Waals surface area (Å²) in [5.74, 6) is 0. The quantitative estimate of drug-likeness (QED) is 0.863. The summed E-state index contributed by atoms with van der Waals surface area (Å²) in [6.45, 7) is 4.75. The van der Waals surface area contributed by atoms with Crippen LogP contribution in [-0.2, 0) is 0 Å². The number of carbonyl (C=O) groups excluding carboxylic acids is 1. The number of fused-ring (bicyclic) bond motifs is 1. The van der Waals surface area contributed by atoms with Gasteiger partial charge in [0.15, 0.2) is 0 Å². The summed E-state index contributed by atoms with van der Waals surface area (Å²) in [5, 5.41) is 0.975. The second kappa shape index (κ2) is 5.86. The zero-order valence-electron chi connectivity index (χ0n) is 12.4. The van der Waals surface area contributed by atoms with Crippen LogP contribution in [0.5, 0.6) is 0 Å².